The Morgan fingerprint density at radius 1 is 1.03 bits per heavy atom. The Bertz CT molecular complexity index is 1320. The molecule has 2 heterocycles. The van der Waals surface area contributed by atoms with Crippen LogP contribution in [0.1, 0.15) is 38.8 Å². The number of aryl methyl sites for hydroxylation is 2. The number of imide groups is 1. The Morgan fingerprint density at radius 2 is 1.69 bits per heavy atom. The zero-order chi connectivity index (χ0) is 23.0. The molecule has 0 bridgehead atoms. The number of carbonyl (C=O) groups is 4. The molecule has 0 N–H and O–H groups in total. The number of esters is 1. The molecule has 0 spiro atoms. The second kappa shape index (κ2) is 8.51. The van der Waals surface area contributed by atoms with Gasteiger partial charge in [0.1, 0.15) is 13.1 Å². The van der Waals surface area contributed by atoms with Gasteiger partial charge in [-0.25, -0.2) is 0 Å². The Hall–Kier alpha value is -3.59. The smallest absolute Gasteiger partial charge is 0.326 e. The molecule has 1 aromatic heterocycles. The highest BCUT2D eigenvalue weighted by Crippen LogP contribution is 2.24. The number of hydrogen-bond donors (Lipinski definition) is 0. The first-order valence-electron chi connectivity index (χ1n) is 10.1. The number of ether oxygens (including phenoxy) is 1. The first-order chi connectivity index (χ1) is 15.3. The van der Waals surface area contributed by atoms with Gasteiger partial charge in [-0.3, -0.25) is 24.1 Å². The largest absolute Gasteiger partial charge is 0.465 e. The summed E-state index contributed by atoms with van der Waals surface area (Å²) in [5.41, 5.74) is 3.32. The molecule has 1 aliphatic heterocycles. The van der Waals surface area contributed by atoms with E-state index >= 15 is 0 Å². The lowest BCUT2D eigenvalue weighted by Gasteiger charge is -2.10. The Kier molecular flexibility index (Phi) is 5.75. The van der Waals surface area contributed by atoms with Crippen molar-refractivity contribution in [3.05, 3.63) is 63.5 Å². The topological polar surface area (TPSA) is 98.0 Å². The van der Waals surface area contributed by atoms with Crippen LogP contribution < -0.4 is 4.80 Å². The number of hydrogen-bond acceptors (Lipinski definition) is 6. The molecule has 0 radical (unpaired) electrons. The Morgan fingerprint density at radius 3 is 2.31 bits per heavy atom. The molecule has 164 valence electrons. The fourth-order valence-corrected chi connectivity index (χ4v) is 4.84. The van der Waals surface area contributed by atoms with E-state index in [0.29, 0.717) is 4.80 Å². The molecule has 2 aromatic carbocycles. The molecule has 0 aliphatic carbocycles. The van der Waals surface area contributed by atoms with Gasteiger partial charge in [-0.15, -0.1) is 0 Å². The van der Waals surface area contributed by atoms with E-state index in [1.165, 1.54) is 11.3 Å². The minimum atomic E-state index is -0.655. The summed E-state index contributed by atoms with van der Waals surface area (Å²) in [5, 5.41) is 0. The monoisotopic (exact) mass is 451 g/mol. The van der Waals surface area contributed by atoms with Crippen molar-refractivity contribution in [1.82, 2.24) is 9.47 Å². The zero-order valence-corrected chi connectivity index (χ0v) is 18.7. The lowest BCUT2D eigenvalue weighted by atomic mass is 10.1. The van der Waals surface area contributed by atoms with Crippen molar-refractivity contribution in [1.29, 1.82) is 0 Å². The lowest BCUT2D eigenvalue weighted by molar-refractivity contribution is -0.143. The highest BCUT2D eigenvalue weighted by atomic mass is 32.1. The molecule has 0 saturated carbocycles. The predicted octanol–water partition coefficient (Wildman–Crippen LogP) is 2.61. The summed E-state index contributed by atoms with van der Waals surface area (Å²) in [6.07, 6.45) is 0. The second-order valence-electron chi connectivity index (χ2n) is 7.45. The fraction of sp³-hybridized carbons (Fsp3) is 0.261. The van der Waals surface area contributed by atoms with E-state index in [2.05, 4.69) is 4.99 Å². The maximum absolute atomic E-state index is 12.8. The molecule has 4 rings (SSSR count). The number of amides is 3. The van der Waals surface area contributed by atoms with E-state index in [0.717, 1.165) is 26.2 Å². The number of fused-ring (bicyclic) bond motifs is 2. The molecule has 3 aromatic rings. The number of benzene rings is 2. The molecular formula is C23H21N3O5S. The molecule has 8 nitrogen and oxygen atoms in total. The fourth-order valence-electron chi connectivity index (χ4n) is 3.75. The van der Waals surface area contributed by atoms with Gasteiger partial charge in [0.2, 0.25) is 0 Å². The maximum Gasteiger partial charge on any atom is 0.326 e. The van der Waals surface area contributed by atoms with E-state index in [1.54, 1.807) is 35.8 Å². The summed E-state index contributed by atoms with van der Waals surface area (Å²) in [5.74, 6) is -2.13. The molecule has 0 saturated heterocycles. The molecule has 32 heavy (non-hydrogen) atoms. The standard InChI is InChI=1S/C23H21N3O5S/c1-4-31-19(28)12-25-17-10-13(2)9-14(3)20(17)32-23(25)24-18(27)11-26-21(29)15-7-5-6-8-16(15)22(26)30/h5-10H,4,11-12H2,1-3H3. The molecule has 1 aliphatic rings. The molecular weight excluding hydrogens is 430 g/mol. The van der Waals surface area contributed by atoms with E-state index in [-0.39, 0.29) is 24.3 Å². The quantitative estimate of drug-likeness (QED) is 0.439. The highest BCUT2D eigenvalue weighted by molar-refractivity contribution is 7.16. The van der Waals surface area contributed by atoms with Crippen LogP contribution in [0.5, 0.6) is 0 Å². The summed E-state index contributed by atoms with van der Waals surface area (Å²) in [6, 6.07) is 10.4. The Balaban J connectivity index is 1.71. The Labute approximate surface area is 187 Å². The van der Waals surface area contributed by atoms with Crippen molar-refractivity contribution in [2.24, 2.45) is 4.99 Å². The number of carbonyl (C=O) groups excluding carboxylic acids is 4. The van der Waals surface area contributed by atoms with E-state index in [1.807, 2.05) is 26.0 Å². The first-order valence-corrected chi connectivity index (χ1v) is 10.9. The van der Waals surface area contributed by atoms with Crippen molar-refractivity contribution in [3.63, 3.8) is 0 Å². The average Bonchev–Trinajstić information content (AvgIpc) is 3.19. The summed E-state index contributed by atoms with van der Waals surface area (Å²) in [6.45, 7) is 5.28. The third-order valence-electron chi connectivity index (χ3n) is 5.10. The summed E-state index contributed by atoms with van der Waals surface area (Å²) < 4.78 is 7.61. The molecule has 0 atom stereocenters. The third kappa shape index (κ3) is 3.87. The van der Waals surface area contributed by atoms with Gasteiger partial charge < -0.3 is 9.30 Å². The SMILES string of the molecule is CCOC(=O)Cn1c(=NC(=O)CN2C(=O)c3ccccc3C2=O)sc2c(C)cc(C)cc21. The number of thiazole rings is 1. The summed E-state index contributed by atoms with van der Waals surface area (Å²) >= 11 is 1.27. The minimum absolute atomic E-state index is 0.101. The molecule has 9 heteroatoms. The van der Waals surface area contributed by atoms with Crippen LogP contribution in [0.3, 0.4) is 0 Å². The van der Waals surface area contributed by atoms with Crippen LogP contribution in [0.4, 0.5) is 0 Å². The average molecular weight is 452 g/mol. The second-order valence-corrected chi connectivity index (χ2v) is 8.43. The van der Waals surface area contributed by atoms with Gasteiger partial charge >= 0.3 is 5.97 Å². The van der Waals surface area contributed by atoms with Gasteiger partial charge in [-0.2, -0.15) is 4.99 Å². The first kappa shape index (κ1) is 21.6. The highest BCUT2D eigenvalue weighted by Gasteiger charge is 2.36. The predicted molar refractivity (Wildman–Crippen MR) is 118 cm³/mol. The summed E-state index contributed by atoms with van der Waals surface area (Å²) in [7, 11) is 0. The van der Waals surface area contributed by atoms with Gasteiger partial charge in [-0.05, 0) is 50.1 Å². The van der Waals surface area contributed by atoms with Gasteiger partial charge in [0.05, 0.1) is 28.0 Å². The van der Waals surface area contributed by atoms with E-state index in [9.17, 15) is 19.2 Å². The van der Waals surface area contributed by atoms with Gasteiger partial charge in [0, 0.05) is 0 Å². The van der Waals surface area contributed by atoms with Crippen LogP contribution in [0, 0.1) is 13.8 Å². The van der Waals surface area contributed by atoms with Crippen LogP contribution in [-0.2, 0) is 20.9 Å². The molecule has 0 unspecified atom stereocenters. The maximum atomic E-state index is 12.8. The van der Waals surface area contributed by atoms with Crippen molar-refractivity contribution in [2.45, 2.75) is 27.3 Å². The van der Waals surface area contributed by atoms with Crippen molar-refractivity contribution >= 4 is 45.2 Å². The minimum Gasteiger partial charge on any atom is -0.465 e. The van der Waals surface area contributed by atoms with Crippen LogP contribution in [0.2, 0.25) is 0 Å². The van der Waals surface area contributed by atoms with Crippen LogP contribution in [0.15, 0.2) is 41.4 Å². The van der Waals surface area contributed by atoms with E-state index in [4.69, 9.17) is 4.74 Å². The normalized spacial score (nSPS) is 13.7. The number of aromatic nitrogens is 1. The van der Waals surface area contributed by atoms with E-state index < -0.39 is 30.2 Å². The van der Waals surface area contributed by atoms with Gasteiger partial charge in [0.25, 0.3) is 17.7 Å². The summed E-state index contributed by atoms with van der Waals surface area (Å²) in [4.78, 5) is 55.4. The van der Waals surface area contributed by atoms with Gasteiger partial charge in [-0.1, -0.05) is 29.5 Å². The van der Waals surface area contributed by atoms with Gasteiger partial charge in [0.15, 0.2) is 4.80 Å². The third-order valence-corrected chi connectivity index (χ3v) is 6.33. The van der Waals surface area contributed by atoms with Crippen LogP contribution in [-0.4, -0.2) is 46.3 Å². The lowest BCUT2D eigenvalue weighted by Crippen LogP contribution is -2.35. The molecule has 0 fully saturated rings. The van der Waals surface area contributed by atoms with Crippen molar-refractivity contribution in [2.75, 3.05) is 13.2 Å². The van der Waals surface area contributed by atoms with Crippen molar-refractivity contribution in [3.8, 4) is 0 Å². The zero-order valence-electron chi connectivity index (χ0n) is 17.9. The molecule has 3 amide bonds. The van der Waals surface area contributed by atoms with Crippen LogP contribution in [0.25, 0.3) is 10.2 Å². The number of nitrogens with zero attached hydrogens (tertiary/aromatic N) is 3. The van der Waals surface area contributed by atoms with Crippen molar-refractivity contribution < 1.29 is 23.9 Å². The number of rotatable bonds is 5. The van der Waals surface area contributed by atoms with Crippen LogP contribution >= 0.6 is 11.3 Å².